The minimum absolute atomic E-state index is 0.0513. The van der Waals surface area contributed by atoms with Crippen LogP contribution in [0, 0.1) is 0 Å². The van der Waals surface area contributed by atoms with Crippen LogP contribution < -0.4 is 10.1 Å². The van der Waals surface area contributed by atoms with Gasteiger partial charge in [0.05, 0.1) is 0 Å². The number of hydrogen-bond acceptors (Lipinski definition) is 2. The van der Waals surface area contributed by atoms with E-state index in [2.05, 4.69) is 5.32 Å². The van der Waals surface area contributed by atoms with Crippen molar-refractivity contribution in [1.29, 1.82) is 0 Å². The lowest BCUT2D eigenvalue weighted by Crippen LogP contribution is -2.24. The number of hydrogen-bond donors (Lipinski definition) is 1. The number of allylic oxidation sites excluding steroid dienone is 1. The fraction of sp³-hybridized carbons (Fsp3) is 0.438. The average Bonchev–Trinajstić information content (AvgIpc) is 2.27. The van der Waals surface area contributed by atoms with Crippen molar-refractivity contribution in [2.24, 2.45) is 0 Å². The highest BCUT2D eigenvalue weighted by atomic mass is 16.5. The molecule has 1 N–H and O–H groups in total. The molecule has 104 valence electrons. The van der Waals surface area contributed by atoms with Crippen LogP contribution in [0.4, 0.5) is 0 Å². The monoisotopic (exact) mass is 261 g/mol. The second-order valence-corrected chi connectivity index (χ2v) is 5.40. The second kappa shape index (κ2) is 6.98. The largest absolute Gasteiger partial charge is 0.488 e. The summed E-state index contributed by atoms with van der Waals surface area (Å²) in [6.45, 7) is 8.53. The number of benzene rings is 1. The molecule has 0 aliphatic carbocycles. The van der Waals surface area contributed by atoms with Crippen LogP contribution in [0.15, 0.2) is 36.4 Å². The van der Waals surface area contributed by atoms with Gasteiger partial charge in [0.25, 0.3) is 0 Å². The maximum absolute atomic E-state index is 11.3. The van der Waals surface area contributed by atoms with Crippen molar-refractivity contribution in [2.45, 2.75) is 39.7 Å². The Balaban J connectivity index is 2.51. The Morgan fingerprint density at radius 3 is 2.74 bits per heavy atom. The number of carbonyl (C=O) groups excluding carboxylic acids is 1. The molecule has 0 heterocycles. The van der Waals surface area contributed by atoms with Gasteiger partial charge in [-0.05, 0) is 57.9 Å². The maximum Gasteiger partial charge on any atom is 0.243 e. The summed E-state index contributed by atoms with van der Waals surface area (Å²) in [4.78, 5) is 11.3. The van der Waals surface area contributed by atoms with E-state index in [9.17, 15) is 4.79 Å². The molecule has 0 fully saturated rings. The summed E-state index contributed by atoms with van der Waals surface area (Å²) in [7, 11) is 0. The van der Waals surface area contributed by atoms with Gasteiger partial charge >= 0.3 is 0 Å². The van der Waals surface area contributed by atoms with E-state index in [1.807, 2.05) is 52.0 Å². The minimum Gasteiger partial charge on any atom is -0.488 e. The predicted molar refractivity (Wildman–Crippen MR) is 78.4 cm³/mol. The summed E-state index contributed by atoms with van der Waals surface area (Å²) in [5, 5.41) is 2.83. The Kier molecular flexibility index (Phi) is 5.61. The van der Waals surface area contributed by atoms with Crippen molar-refractivity contribution in [2.75, 3.05) is 6.54 Å². The summed E-state index contributed by atoms with van der Waals surface area (Å²) < 4.78 is 5.81. The van der Waals surface area contributed by atoms with Gasteiger partial charge in [-0.3, -0.25) is 4.79 Å². The van der Waals surface area contributed by atoms with Gasteiger partial charge in [0, 0.05) is 6.54 Å². The van der Waals surface area contributed by atoms with E-state index in [1.165, 1.54) is 6.08 Å². The quantitative estimate of drug-likeness (QED) is 0.827. The molecule has 0 saturated carbocycles. The minimum atomic E-state index is -0.196. The first-order valence-corrected chi connectivity index (χ1v) is 6.59. The smallest absolute Gasteiger partial charge is 0.243 e. The van der Waals surface area contributed by atoms with Gasteiger partial charge in [-0.25, -0.2) is 0 Å². The molecule has 0 spiro atoms. The topological polar surface area (TPSA) is 38.3 Å². The van der Waals surface area contributed by atoms with Crippen molar-refractivity contribution in [3.05, 3.63) is 42.0 Å². The van der Waals surface area contributed by atoms with Crippen LogP contribution in [0.3, 0.4) is 0 Å². The summed E-state index contributed by atoms with van der Waals surface area (Å²) in [5.74, 6) is 0.814. The van der Waals surface area contributed by atoms with Crippen LogP contribution in [0.1, 0.15) is 33.3 Å². The van der Waals surface area contributed by atoms with Gasteiger partial charge in [-0.1, -0.05) is 18.2 Å². The molecule has 0 radical (unpaired) electrons. The molecule has 3 heteroatoms. The highest BCUT2D eigenvalue weighted by molar-refractivity contribution is 5.87. The predicted octanol–water partition coefficient (Wildman–Crippen LogP) is 3.10. The molecule has 19 heavy (non-hydrogen) atoms. The SMILES string of the molecule is C/C=C/C(=O)NCCc1cccc(OC(C)(C)C)c1. The van der Waals surface area contributed by atoms with Crippen molar-refractivity contribution < 1.29 is 9.53 Å². The third kappa shape index (κ3) is 6.65. The third-order valence-electron chi connectivity index (χ3n) is 2.35. The van der Waals surface area contributed by atoms with E-state index >= 15 is 0 Å². The van der Waals surface area contributed by atoms with E-state index in [0.717, 1.165) is 17.7 Å². The Morgan fingerprint density at radius 1 is 1.37 bits per heavy atom. The first kappa shape index (κ1) is 15.3. The zero-order valence-electron chi connectivity index (χ0n) is 12.2. The lowest BCUT2D eigenvalue weighted by atomic mass is 10.1. The van der Waals surface area contributed by atoms with E-state index in [4.69, 9.17) is 4.74 Å². The molecule has 0 aromatic heterocycles. The van der Waals surface area contributed by atoms with Crippen LogP contribution in [0.25, 0.3) is 0 Å². The van der Waals surface area contributed by atoms with Crippen LogP contribution in [0.2, 0.25) is 0 Å². The molecule has 1 amide bonds. The summed E-state index contributed by atoms with van der Waals surface area (Å²) in [6.07, 6.45) is 4.05. The van der Waals surface area contributed by atoms with Crippen LogP contribution in [-0.2, 0) is 11.2 Å². The number of nitrogens with one attached hydrogen (secondary N) is 1. The van der Waals surface area contributed by atoms with Crippen LogP contribution in [-0.4, -0.2) is 18.1 Å². The van der Waals surface area contributed by atoms with Crippen LogP contribution in [0.5, 0.6) is 5.75 Å². The normalized spacial score (nSPS) is 11.6. The first-order valence-electron chi connectivity index (χ1n) is 6.59. The molecular formula is C16H23NO2. The van der Waals surface area contributed by atoms with Crippen molar-refractivity contribution in [1.82, 2.24) is 5.32 Å². The fourth-order valence-corrected chi connectivity index (χ4v) is 1.66. The van der Waals surface area contributed by atoms with Crippen molar-refractivity contribution >= 4 is 5.91 Å². The molecule has 1 aromatic rings. The molecule has 0 saturated heterocycles. The standard InChI is InChI=1S/C16H23NO2/c1-5-7-15(18)17-11-10-13-8-6-9-14(12-13)19-16(2,3)4/h5-9,12H,10-11H2,1-4H3,(H,17,18)/b7-5+. The number of amides is 1. The average molecular weight is 261 g/mol. The summed E-state index contributed by atoms with van der Waals surface area (Å²) in [5.41, 5.74) is 0.959. The van der Waals surface area contributed by atoms with E-state index in [0.29, 0.717) is 6.54 Å². The lowest BCUT2D eigenvalue weighted by Gasteiger charge is -2.21. The molecule has 0 bridgehead atoms. The molecule has 1 aromatic carbocycles. The first-order chi connectivity index (χ1) is 8.90. The molecular weight excluding hydrogens is 238 g/mol. The van der Waals surface area contributed by atoms with Crippen molar-refractivity contribution in [3.63, 3.8) is 0 Å². The highest BCUT2D eigenvalue weighted by Crippen LogP contribution is 2.19. The number of carbonyl (C=O) groups is 1. The molecule has 1 rings (SSSR count). The van der Waals surface area contributed by atoms with Crippen LogP contribution >= 0.6 is 0 Å². The third-order valence-corrected chi connectivity index (χ3v) is 2.35. The molecule has 0 unspecified atom stereocenters. The van der Waals surface area contributed by atoms with Crippen molar-refractivity contribution in [3.8, 4) is 5.75 Å². The second-order valence-electron chi connectivity index (χ2n) is 5.40. The zero-order valence-corrected chi connectivity index (χ0v) is 12.2. The van der Waals surface area contributed by atoms with Gasteiger partial charge in [0.15, 0.2) is 0 Å². The number of rotatable bonds is 5. The van der Waals surface area contributed by atoms with E-state index in [-0.39, 0.29) is 11.5 Å². The van der Waals surface area contributed by atoms with E-state index < -0.39 is 0 Å². The zero-order chi connectivity index (χ0) is 14.3. The maximum atomic E-state index is 11.3. The van der Waals surface area contributed by atoms with Gasteiger partial charge in [-0.2, -0.15) is 0 Å². The van der Waals surface area contributed by atoms with E-state index in [1.54, 1.807) is 6.08 Å². The highest BCUT2D eigenvalue weighted by Gasteiger charge is 2.11. The number of ether oxygens (including phenoxy) is 1. The van der Waals surface area contributed by atoms with Gasteiger partial charge in [-0.15, -0.1) is 0 Å². The Hall–Kier alpha value is -1.77. The Labute approximate surface area is 115 Å². The molecule has 0 aliphatic rings. The Morgan fingerprint density at radius 2 is 2.11 bits per heavy atom. The fourth-order valence-electron chi connectivity index (χ4n) is 1.66. The molecule has 0 atom stereocenters. The van der Waals surface area contributed by atoms with Gasteiger partial charge in [0.1, 0.15) is 11.4 Å². The van der Waals surface area contributed by atoms with Gasteiger partial charge < -0.3 is 10.1 Å². The summed E-state index contributed by atoms with van der Waals surface area (Å²) >= 11 is 0. The molecule has 3 nitrogen and oxygen atoms in total. The Bertz CT molecular complexity index is 444. The lowest BCUT2D eigenvalue weighted by molar-refractivity contribution is -0.116. The van der Waals surface area contributed by atoms with Gasteiger partial charge in [0.2, 0.25) is 5.91 Å². The summed E-state index contributed by atoms with van der Waals surface area (Å²) in [6, 6.07) is 7.99. The molecule has 0 aliphatic heterocycles.